The van der Waals surface area contributed by atoms with E-state index >= 15 is 0 Å². The highest BCUT2D eigenvalue weighted by Gasteiger charge is 2.05. The van der Waals surface area contributed by atoms with Gasteiger partial charge in [0.15, 0.2) is 0 Å². The molecule has 20 heavy (non-hydrogen) atoms. The van der Waals surface area contributed by atoms with Crippen LogP contribution < -0.4 is 10.6 Å². The van der Waals surface area contributed by atoms with Crippen molar-refractivity contribution in [2.45, 2.75) is 6.54 Å². The van der Waals surface area contributed by atoms with E-state index in [1.54, 1.807) is 23.1 Å². The number of urea groups is 1. The van der Waals surface area contributed by atoms with Crippen LogP contribution in [0.2, 0.25) is 0 Å². The zero-order valence-corrected chi connectivity index (χ0v) is 10.5. The lowest BCUT2D eigenvalue weighted by Gasteiger charge is -2.07. The molecule has 0 aromatic carbocycles. The van der Waals surface area contributed by atoms with Gasteiger partial charge in [0.05, 0.1) is 18.4 Å². The van der Waals surface area contributed by atoms with Crippen LogP contribution in [0.3, 0.4) is 0 Å². The Morgan fingerprint density at radius 2 is 2.20 bits per heavy atom. The molecule has 0 unspecified atom stereocenters. The zero-order valence-electron chi connectivity index (χ0n) is 10.5. The number of nitrogens with one attached hydrogen (secondary N) is 2. The van der Waals surface area contributed by atoms with Crippen molar-refractivity contribution in [3.8, 4) is 0 Å². The van der Waals surface area contributed by atoms with Crippen molar-refractivity contribution in [2.24, 2.45) is 0 Å². The van der Waals surface area contributed by atoms with Crippen LogP contribution >= 0.6 is 0 Å². The number of carbonyl (C=O) groups excluding carboxylic acids is 1. The second kappa shape index (κ2) is 6.32. The van der Waals surface area contributed by atoms with Gasteiger partial charge in [-0.3, -0.25) is 4.68 Å². The average molecular weight is 275 g/mol. The molecule has 0 bridgehead atoms. The predicted octanol–water partition coefficient (Wildman–Crippen LogP) is 0.798. The summed E-state index contributed by atoms with van der Waals surface area (Å²) in [5.74, 6) is -1.11. The maximum absolute atomic E-state index is 11.6. The number of nitrogens with zero attached hydrogens (tertiary/aromatic N) is 3. The molecule has 0 radical (unpaired) electrons. The van der Waals surface area contributed by atoms with Crippen LogP contribution in [0, 0.1) is 0 Å². The van der Waals surface area contributed by atoms with E-state index in [0.29, 0.717) is 18.8 Å². The van der Waals surface area contributed by atoms with E-state index in [9.17, 15) is 9.59 Å². The number of aromatic carboxylic acids is 1. The number of amides is 2. The number of pyridine rings is 1. The first kappa shape index (κ1) is 13.5. The van der Waals surface area contributed by atoms with Crippen LogP contribution in [-0.4, -0.2) is 38.4 Å². The van der Waals surface area contributed by atoms with Gasteiger partial charge in [0, 0.05) is 18.9 Å². The van der Waals surface area contributed by atoms with Crippen LogP contribution in [0.1, 0.15) is 10.5 Å². The van der Waals surface area contributed by atoms with Gasteiger partial charge in [0.1, 0.15) is 5.69 Å². The molecule has 0 fully saturated rings. The molecule has 2 heterocycles. The van der Waals surface area contributed by atoms with Crippen molar-refractivity contribution in [2.75, 3.05) is 11.9 Å². The number of carbonyl (C=O) groups is 2. The summed E-state index contributed by atoms with van der Waals surface area (Å²) in [6.45, 7) is 0.991. The molecule has 8 heteroatoms. The third-order valence-corrected chi connectivity index (χ3v) is 2.43. The summed E-state index contributed by atoms with van der Waals surface area (Å²) in [4.78, 5) is 25.9. The normalized spacial score (nSPS) is 10.0. The van der Waals surface area contributed by atoms with Gasteiger partial charge in [-0.15, -0.1) is 0 Å². The molecule has 0 aliphatic heterocycles. The molecule has 2 aromatic rings. The average Bonchev–Trinajstić information content (AvgIpc) is 2.92. The van der Waals surface area contributed by atoms with Crippen molar-refractivity contribution in [1.82, 2.24) is 20.1 Å². The Bertz CT molecular complexity index is 580. The smallest absolute Gasteiger partial charge is 0.354 e. The van der Waals surface area contributed by atoms with Gasteiger partial charge in [0.2, 0.25) is 0 Å². The van der Waals surface area contributed by atoms with Crippen LogP contribution in [0.4, 0.5) is 10.5 Å². The molecule has 0 aliphatic carbocycles. The van der Waals surface area contributed by atoms with E-state index in [1.165, 1.54) is 18.3 Å². The molecule has 8 nitrogen and oxygen atoms in total. The van der Waals surface area contributed by atoms with Crippen molar-refractivity contribution >= 4 is 17.7 Å². The number of rotatable bonds is 5. The third kappa shape index (κ3) is 3.80. The van der Waals surface area contributed by atoms with Gasteiger partial charge in [-0.2, -0.15) is 5.10 Å². The van der Waals surface area contributed by atoms with Crippen LogP contribution in [0.15, 0.2) is 36.8 Å². The Morgan fingerprint density at radius 1 is 1.35 bits per heavy atom. The van der Waals surface area contributed by atoms with Crippen LogP contribution in [0.5, 0.6) is 0 Å². The second-order valence-corrected chi connectivity index (χ2v) is 3.89. The highest BCUT2D eigenvalue weighted by molar-refractivity contribution is 5.90. The summed E-state index contributed by atoms with van der Waals surface area (Å²) in [7, 11) is 0. The van der Waals surface area contributed by atoms with Crippen molar-refractivity contribution in [3.63, 3.8) is 0 Å². The summed E-state index contributed by atoms with van der Waals surface area (Å²) >= 11 is 0. The number of hydrogen-bond acceptors (Lipinski definition) is 4. The molecule has 0 atom stereocenters. The van der Waals surface area contributed by atoms with E-state index in [0.717, 1.165) is 0 Å². The lowest BCUT2D eigenvalue weighted by molar-refractivity contribution is 0.0690. The summed E-state index contributed by atoms with van der Waals surface area (Å²) < 4.78 is 1.70. The first-order chi connectivity index (χ1) is 9.65. The Hall–Kier alpha value is -2.90. The second-order valence-electron chi connectivity index (χ2n) is 3.89. The molecular weight excluding hydrogens is 262 g/mol. The zero-order chi connectivity index (χ0) is 14.4. The van der Waals surface area contributed by atoms with Crippen molar-refractivity contribution < 1.29 is 14.7 Å². The summed E-state index contributed by atoms with van der Waals surface area (Å²) in [6.07, 6.45) is 4.75. The number of carboxylic acid groups (broad SMARTS) is 1. The minimum atomic E-state index is -1.11. The Morgan fingerprint density at radius 3 is 2.80 bits per heavy atom. The maximum Gasteiger partial charge on any atom is 0.354 e. The fourth-order valence-electron chi connectivity index (χ4n) is 1.49. The first-order valence-electron chi connectivity index (χ1n) is 5.87. The molecule has 2 rings (SSSR count). The fourth-order valence-corrected chi connectivity index (χ4v) is 1.49. The molecule has 2 aromatic heterocycles. The highest BCUT2D eigenvalue weighted by Crippen LogP contribution is 2.05. The molecule has 0 aliphatic rings. The van der Waals surface area contributed by atoms with Crippen molar-refractivity contribution in [3.05, 3.63) is 42.5 Å². The number of hydrogen-bond donors (Lipinski definition) is 3. The Kier molecular flexibility index (Phi) is 4.28. The number of anilines is 1. The molecule has 0 saturated carbocycles. The van der Waals surface area contributed by atoms with Crippen LogP contribution in [-0.2, 0) is 6.54 Å². The summed E-state index contributed by atoms with van der Waals surface area (Å²) in [6, 6.07) is 4.21. The predicted molar refractivity (Wildman–Crippen MR) is 70.4 cm³/mol. The quantitative estimate of drug-likeness (QED) is 0.747. The Labute approximate surface area is 114 Å². The van der Waals surface area contributed by atoms with Crippen molar-refractivity contribution in [1.29, 1.82) is 0 Å². The molecular formula is C12H13N5O3. The molecule has 0 spiro atoms. The minimum absolute atomic E-state index is 0.0744. The van der Waals surface area contributed by atoms with E-state index < -0.39 is 5.97 Å². The van der Waals surface area contributed by atoms with E-state index in [4.69, 9.17) is 5.11 Å². The molecule has 3 N–H and O–H groups in total. The Balaban J connectivity index is 1.77. The largest absolute Gasteiger partial charge is 0.477 e. The van der Waals surface area contributed by atoms with Crippen LogP contribution in [0.25, 0.3) is 0 Å². The van der Waals surface area contributed by atoms with Gasteiger partial charge in [-0.1, -0.05) is 0 Å². The molecule has 2 amide bonds. The van der Waals surface area contributed by atoms with Gasteiger partial charge >= 0.3 is 12.0 Å². The SMILES string of the molecule is O=C(NCCn1cccn1)Nc1ccc(C(=O)O)nc1. The summed E-state index contributed by atoms with van der Waals surface area (Å²) in [5.41, 5.74) is 0.348. The number of carboxylic acids is 1. The standard InChI is InChI=1S/C12H13N5O3/c18-11(19)10-3-2-9(8-14-10)16-12(20)13-5-7-17-6-1-4-15-17/h1-4,6,8H,5,7H2,(H,18,19)(H2,13,16,20). The number of aromatic nitrogens is 3. The van der Waals surface area contributed by atoms with Gasteiger partial charge < -0.3 is 15.7 Å². The first-order valence-corrected chi connectivity index (χ1v) is 5.87. The van der Waals surface area contributed by atoms with E-state index in [-0.39, 0.29) is 11.7 Å². The van der Waals surface area contributed by atoms with Gasteiger partial charge in [-0.05, 0) is 18.2 Å². The van der Waals surface area contributed by atoms with Gasteiger partial charge in [-0.25, -0.2) is 14.6 Å². The lowest BCUT2D eigenvalue weighted by Crippen LogP contribution is -2.31. The fraction of sp³-hybridized carbons (Fsp3) is 0.167. The van der Waals surface area contributed by atoms with E-state index in [2.05, 4.69) is 20.7 Å². The summed E-state index contributed by atoms with van der Waals surface area (Å²) in [5, 5.41) is 17.9. The third-order valence-electron chi connectivity index (χ3n) is 2.43. The minimum Gasteiger partial charge on any atom is -0.477 e. The molecule has 104 valence electrons. The lowest BCUT2D eigenvalue weighted by atomic mass is 10.3. The topological polar surface area (TPSA) is 109 Å². The molecule has 0 saturated heterocycles. The maximum atomic E-state index is 11.6. The van der Waals surface area contributed by atoms with Gasteiger partial charge in [0.25, 0.3) is 0 Å². The monoisotopic (exact) mass is 275 g/mol. The van der Waals surface area contributed by atoms with E-state index in [1.807, 2.05) is 0 Å². The highest BCUT2D eigenvalue weighted by atomic mass is 16.4.